The molecule has 0 atom stereocenters. The lowest BCUT2D eigenvalue weighted by molar-refractivity contribution is 0.391. The highest BCUT2D eigenvalue weighted by Crippen LogP contribution is 2.04. The Morgan fingerprint density at radius 3 is 2.70 bits per heavy atom. The molecular formula is C6H7ClN2O. The lowest BCUT2D eigenvalue weighted by Crippen LogP contribution is -1.92. The Kier molecular flexibility index (Phi) is 2.45. The summed E-state index contributed by atoms with van der Waals surface area (Å²) < 4.78 is 4.80. The van der Waals surface area contributed by atoms with Gasteiger partial charge in [-0.3, -0.25) is 0 Å². The smallest absolute Gasteiger partial charge is 0.233 e. The lowest BCUT2D eigenvalue weighted by atomic mass is 10.4. The molecule has 0 fully saturated rings. The van der Waals surface area contributed by atoms with E-state index < -0.39 is 0 Å². The zero-order valence-electron chi connectivity index (χ0n) is 5.54. The van der Waals surface area contributed by atoms with Crippen molar-refractivity contribution in [3.63, 3.8) is 0 Å². The number of methoxy groups -OCH3 is 1. The van der Waals surface area contributed by atoms with E-state index in [0.29, 0.717) is 11.8 Å². The maximum atomic E-state index is 5.48. The SMILES string of the molecule is COc1ccc(CCl)nn1. The van der Waals surface area contributed by atoms with Gasteiger partial charge in [-0.25, -0.2) is 0 Å². The number of nitrogens with zero attached hydrogens (tertiary/aromatic N) is 2. The predicted octanol–water partition coefficient (Wildman–Crippen LogP) is 1.22. The summed E-state index contributed by atoms with van der Waals surface area (Å²) in [6.45, 7) is 0. The molecule has 0 aliphatic rings. The van der Waals surface area contributed by atoms with E-state index in [1.165, 1.54) is 0 Å². The van der Waals surface area contributed by atoms with Crippen molar-refractivity contribution in [1.82, 2.24) is 10.2 Å². The Balaban J connectivity index is 2.80. The van der Waals surface area contributed by atoms with E-state index >= 15 is 0 Å². The molecule has 0 amide bonds. The molecule has 0 N–H and O–H groups in total. The van der Waals surface area contributed by atoms with Crippen LogP contribution in [0.25, 0.3) is 0 Å². The van der Waals surface area contributed by atoms with E-state index in [0.717, 1.165) is 5.69 Å². The van der Waals surface area contributed by atoms with Crippen LogP contribution in [0.1, 0.15) is 5.69 Å². The average Bonchev–Trinajstić information content (AvgIpc) is 2.05. The van der Waals surface area contributed by atoms with Crippen molar-refractivity contribution in [2.24, 2.45) is 0 Å². The van der Waals surface area contributed by atoms with E-state index in [1.54, 1.807) is 19.2 Å². The quantitative estimate of drug-likeness (QED) is 0.608. The Labute approximate surface area is 64.0 Å². The third kappa shape index (κ3) is 1.57. The summed E-state index contributed by atoms with van der Waals surface area (Å²) in [6, 6.07) is 3.50. The predicted molar refractivity (Wildman–Crippen MR) is 38.1 cm³/mol. The summed E-state index contributed by atoms with van der Waals surface area (Å²) >= 11 is 5.48. The largest absolute Gasteiger partial charge is 0.480 e. The van der Waals surface area contributed by atoms with Crippen LogP contribution in [0.15, 0.2) is 12.1 Å². The molecule has 1 rings (SSSR count). The monoisotopic (exact) mass is 158 g/mol. The summed E-state index contributed by atoms with van der Waals surface area (Å²) in [7, 11) is 1.55. The lowest BCUT2D eigenvalue weighted by Gasteiger charge is -1.95. The molecule has 4 heteroatoms. The standard InChI is InChI=1S/C6H7ClN2O/c1-10-6-3-2-5(4-7)8-9-6/h2-3H,4H2,1H3. The molecule has 0 bridgehead atoms. The van der Waals surface area contributed by atoms with E-state index in [4.69, 9.17) is 16.3 Å². The molecule has 0 radical (unpaired) electrons. The Hall–Kier alpha value is -0.830. The second-order valence-corrected chi connectivity index (χ2v) is 1.97. The van der Waals surface area contributed by atoms with Gasteiger partial charge < -0.3 is 4.74 Å². The molecular weight excluding hydrogens is 152 g/mol. The normalized spacial score (nSPS) is 9.40. The van der Waals surface area contributed by atoms with Crippen LogP contribution in [0.5, 0.6) is 5.88 Å². The zero-order chi connectivity index (χ0) is 7.40. The molecule has 1 heterocycles. The second-order valence-electron chi connectivity index (χ2n) is 1.70. The number of rotatable bonds is 2. The first-order valence-corrected chi connectivity index (χ1v) is 3.33. The van der Waals surface area contributed by atoms with Gasteiger partial charge in [-0.1, -0.05) is 0 Å². The fourth-order valence-corrected chi connectivity index (χ4v) is 0.670. The highest BCUT2D eigenvalue weighted by Gasteiger charge is 1.93. The molecule has 0 unspecified atom stereocenters. The molecule has 3 nitrogen and oxygen atoms in total. The highest BCUT2D eigenvalue weighted by molar-refractivity contribution is 6.16. The summed E-state index contributed by atoms with van der Waals surface area (Å²) in [6.07, 6.45) is 0. The van der Waals surface area contributed by atoms with Gasteiger partial charge in [0.1, 0.15) is 0 Å². The molecule has 0 saturated carbocycles. The van der Waals surface area contributed by atoms with Gasteiger partial charge in [-0.05, 0) is 6.07 Å². The molecule has 10 heavy (non-hydrogen) atoms. The van der Waals surface area contributed by atoms with Crippen LogP contribution in [-0.2, 0) is 5.88 Å². The number of hydrogen-bond acceptors (Lipinski definition) is 3. The topological polar surface area (TPSA) is 35.0 Å². The van der Waals surface area contributed by atoms with Gasteiger partial charge in [0.2, 0.25) is 5.88 Å². The maximum Gasteiger partial charge on any atom is 0.233 e. The third-order valence-corrected chi connectivity index (χ3v) is 1.32. The molecule has 0 aromatic carbocycles. The van der Waals surface area contributed by atoms with Gasteiger partial charge in [-0.15, -0.1) is 16.7 Å². The fourth-order valence-electron chi connectivity index (χ4n) is 0.528. The molecule has 0 spiro atoms. The van der Waals surface area contributed by atoms with Crippen LogP contribution in [0, 0.1) is 0 Å². The Bertz CT molecular complexity index is 176. The number of halogens is 1. The number of ether oxygens (including phenoxy) is 1. The highest BCUT2D eigenvalue weighted by atomic mass is 35.5. The fraction of sp³-hybridized carbons (Fsp3) is 0.333. The second kappa shape index (κ2) is 3.37. The molecule has 0 aliphatic heterocycles. The van der Waals surface area contributed by atoms with Gasteiger partial charge in [0.05, 0.1) is 18.7 Å². The van der Waals surface area contributed by atoms with Crippen LogP contribution in [0.2, 0.25) is 0 Å². The minimum absolute atomic E-state index is 0.386. The van der Waals surface area contributed by atoms with Gasteiger partial charge >= 0.3 is 0 Å². The minimum Gasteiger partial charge on any atom is -0.480 e. The van der Waals surface area contributed by atoms with Gasteiger partial charge in [0, 0.05) is 6.07 Å². The third-order valence-electron chi connectivity index (χ3n) is 1.04. The zero-order valence-corrected chi connectivity index (χ0v) is 6.30. The van der Waals surface area contributed by atoms with Gasteiger partial charge in [-0.2, -0.15) is 5.10 Å². The summed E-state index contributed by atoms with van der Waals surface area (Å²) in [5.74, 6) is 0.894. The molecule has 1 aromatic rings. The van der Waals surface area contributed by atoms with Crippen molar-refractivity contribution in [2.45, 2.75) is 5.88 Å². The van der Waals surface area contributed by atoms with Crippen molar-refractivity contribution >= 4 is 11.6 Å². The van der Waals surface area contributed by atoms with E-state index in [-0.39, 0.29) is 0 Å². The molecule has 0 saturated heterocycles. The Morgan fingerprint density at radius 2 is 2.30 bits per heavy atom. The van der Waals surface area contributed by atoms with Crippen molar-refractivity contribution < 1.29 is 4.74 Å². The number of aromatic nitrogens is 2. The van der Waals surface area contributed by atoms with Crippen molar-refractivity contribution in [3.8, 4) is 5.88 Å². The number of alkyl halides is 1. The Morgan fingerprint density at radius 1 is 1.50 bits per heavy atom. The van der Waals surface area contributed by atoms with Crippen LogP contribution in [0.4, 0.5) is 0 Å². The maximum absolute atomic E-state index is 5.48. The molecule has 54 valence electrons. The van der Waals surface area contributed by atoms with Crippen LogP contribution in [0.3, 0.4) is 0 Å². The van der Waals surface area contributed by atoms with Crippen molar-refractivity contribution in [2.75, 3.05) is 7.11 Å². The van der Waals surface area contributed by atoms with E-state index in [2.05, 4.69) is 10.2 Å². The van der Waals surface area contributed by atoms with Crippen molar-refractivity contribution in [3.05, 3.63) is 17.8 Å². The summed E-state index contributed by atoms with van der Waals surface area (Å²) in [5.41, 5.74) is 0.752. The van der Waals surface area contributed by atoms with Crippen LogP contribution in [-0.4, -0.2) is 17.3 Å². The minimum atomic E-state index is 0.386. The first-order valence-electron chi connectivity index (χ1n) is 2.79. The molecule has 0 aliphatic carbocycles. The van der Waals surface area contributed by atoms with Crippen LogP contribution >= 0.6 is 11.6 Å². The van der Waals surface area contributed by atoms with E-state index in [1.807, 2.05) is 0 Å². The first-order chi connectivity index (χ1) is 4.86. The van der Waals surface area contributed by atoms with E-state index in [9.17, 15) is 0 Å². The van der Waals surface area contributed by atoms with Crippen LogP contribution < -0.4 is 4.74 Å². The summed E-state index contributed by atoms with van der Waals surface area (Å²) in [4.78, 5) is 0. The van der Waals surface area contributed by atoms with Gasteiger partial charge in [0.25, 0.3) is 0 Å². The van der Waals surface area contributed by atoms with Crippen molar-refractivity contribution in [1.29, 1.82) is 0 Å². The van der Waals surface area contributed by atoms with Gasteiger partial charge in [0.15, 0.2) is 0 Å². The summed E-state index contributed by atoms with van der Waals surface area (Å²) in [5, 5.41) is 7.47. The molecule has 1 aromatic heterocycles. The average molecular weight is 159 g/mol. The number of hydrogen-bond donors (Lipinski definition) is 0. The first kappa shape index (κ1) is 7.28.